The largest absolute Gasteiger partial charge is 0.369 e. The third-order valence-corrected chi connectivity index (χ3v) is 6.20. The average Bonchev–Trinajstić information content (AvgIpc) is 3.23. The third kappa shape index (κ3) is 3.16. The fourth-order valence-electron chi connectivity index (χ4n) is 3.95. The highest BCUT2D eigenvalue weighted by Crippen LogP contribution is 2.41. The molecule has 6 heteroatoms. The number of hydrogen-bond acceptors (Lipinski definition) is 6. The van der Waals surface area contributed by atoms with Crippen molar-refractivity contribution in [3.8, 4) is 0 Å². The highest BCUT2D eigenvalue weighted by Gasteiger charge is 2.23. The third-order valence-electron chi connectivity index (χ3n) is 5.12. The molecule has 3 aromatic rings. The van der Waals surface area contributed by atoms with Gasteiger partial charge in [0.15, 0.2) is 0 Å². The van der Waals surface area contributed by atoms with Gasteiger partial charge >= 0.3 is 0 Å². The SMILES string of the molecule is CCCc1nc2sc3c(NCCCN(C)C)ncnc3c2c2c1CCC2. The molecular weight excluding hydrogens is 342 g/mol. The van der Waals surface area contributed by atoms with Crippen LogP contribution in [0.3, 0.4) is 0 Å². The zero-order valence-electron chi connectivity index (χ0n) is 15.9. The number of aromatic nitrogens is 3. The minimum Gasteiger partial charge on any atom is -0.369 e. The van der Waals surface area contributed by atoms with E-state index in [1.54, 1.807) is 17.7 Å². The minimum absolute atomic E-state index is 0.922. The summed E-state index contributed by atoms with van der Waals surface area (Å²) < 4.78 is 1.16. The molecule has 0 aliphatic heterocycles. The lowest BCUT2D eigenvalue weighted by Gasteiger charge is -2.10. The van der Waals surface area contributed by atoms with Crippen LogP contribution in [-0.4, -0.2) is 47.0 Å². The van der Waals surface area contributed by atoms with Crippen LogP contribution in [-0.2, 0) is 19.3 Å². The predicted molar refractivity (Wildman–Crippen MR) is 110 cm³/mol. The molecule has 0 fully saturated rings. The second kappa shape index (κ2) is 7.45. The molecule has 26 heavy (non-hydrogen) atoms. The number of fused-ring (bicyclic) bond motifs is 5. The molecular formula is C20H27N5S. The Morgan fingerprint density at radius 3 is 2.85 bits per heavy atom. The van der Waals surface area contributed by atoms with Crippen molar-refractivity contribution in [3.63, 3.8) is 0 Å². The van der Waals surface area contributed by atoms with Crippen LogP contribution in [0.4, 0.5) is 5.82 Å². The minimum atomic E-state index is 0.922. The lowest BCUT2D eigenvalue weighted by Crippen LogP contribution is -2.16. The number of nitrogens with zero attached hydrogens (tertiary/aromatic N) is 4. The van der Waals surface area contributed by atoms with Gasteiger partial charge in [0.05, 0.1) is 10.2 Å². The smallest absolute Gasteiger partial charge is 0.147 e. The van der Waals surface area contributed by atoms with E-state index in [4.69, 9.17) is 4.98 Å². The van der Waals surface area contributed by atoms with E-state index in [0.717, 1.165) is 59.6 Å². The van der Waals surface area contributed by atoms with Crippen molar-refractivity contribution >= 4 is 37.6 Å². The van der Waals surface area contributed by atoms with Gasteiger partial charge < -0.3 is 10.2 Å². The zero-order chi connectivity index (χ0) is 18.1. The van der Waals surface area contributed by atoms with Gasteiger partial charge in [-0.3, -0.25) is 0 Å². The van der Waals surface area contributed by atoms with E-state index in [1.165, 1.54) is 35.0 Å². The average molecular weight is 370 g/mol. The van der Waals surface area contributed by atoms with Crippen molar-refractivity contribution in [1.29, 1.82) is 0 Å². The molecule has 0 saturated heterocycles. The number of nitrogens with one attached hydrogen (secondary N) is 1. The summed E-state index contributed by atoms with van der Waals surface area (Å²) in [4.78, 5) is 17.6. The normalized spacial score (nSPS) is 13.8. The van der Waals surface area contributed by atoms with Crippen molar-refractivity contribution in [1.82, 2.24) is 19.9 Å². The molecule has 0 saturated carbocycles. The summed E-state index contributed by atoms with van der Waals surface area (Å²) in [6, 6.07) is 0. The Labute approximate surface area is 158 Å². The highest BCUT2D eigenvalue weighted by molar-refractivity contribution is 7.26. The van der Waals surface area contributed by atoms with Gasteiger partial charge in [-0.2, -0.15) is 0 Å². The molecule has 0 spiro atoms. The van der Waals surface area contributed by atoms with Crippen LogP contribution in [0.25, 0.3) is 20.4 Å². The lowest BCUT2D eigenvalue weighted by atomic mass is 10.0. The summed E-state index contributed by atoms with van der Waals surface area (Å²) in [6.07, 6.45) is 8.59. The molecule has 3 heterocycles. The van der Waals surface area contributed by atoms with Crippen molar-refractivity contribution in [2.24, 2.45) is 0 Å². The van der Waals surface area contributed by atoms with Crippen LogP contribution >= 0.6 is 11.3 Å². The first-order chi connectivity index (χ1) is 12.7. The number of anilines is 1. The Morgan fingerprint density at radius 1 is 1.19 bits per heavy atom. The van der Waals surface area contributed by atoms with Gasteiger partial charge in [0.25, 0.3) is 0 Å². The zero-order valence-corrected chi connectivity index (χ0v) is 16.7. The van der Waals surface area contributed by atoms with Gasteiger partial charge in [0.1, 0.15) is 17.0 Å². The first kappa shape index (κ1) is 17.6. The summed E-state index contributed by atoms with van der Waals surface area (Å²) in [5.74, 6) is 0.959. The monoisotopic (exact) mass is 369 g/mol. The van der Waals surface area contributed by atoms with Crippen LogP contribution in [0.5, 0.6) is 0 Å². The Morgan fingerprint density at radius 2 is 2.04 bits per heavy atom. The Kier molecular flexibility index (Phi) is 5.05. The standard InChI is InChI=1S/C20H27N5S/c1-4-7-15-13-8-5-9-14(13)16-17-18(26-20(16)24-15)19(23-12-22-17)21-10-6-11-25(2)3/h12H,4-11H2,1-3H3,(H,21,22,23). The van der Waals surface area contributed by atoms with E-state index in [1.807, 2.05) is 0 Å². The van der Waals surface area contributed by atoms with E-state index in [2.05, 4.69) is 41.2 Å². The second-order valence-electron chi connectivity index (χ2n) is 7.38. The van der Waals surface area contributed by atoms with Crippen LogP contribution in [0.2, 0.25) is 0 Å². The van der Waals surface area contributed by atoms with E-state index < -0.39 is 0 Å². The summed E-state index contributed by atoms with van der Waals surface area (Å²) in [5, 5.41) is 4.80. The molecule has 0 unspecified atom stereocenters. The molecule has 138 valence electrons. The molecule has 1 N–H and O–H groups in total. The molecule has 1 aliphatic rings. The van der Waals surface area contributed by atoms with Crippen LogP contribution in [0.1, 0.15) is 43.0 Å². The predicted octanol–water partition coefficient (Wildman–Crippen LogP) is 4.04. The Hall–Kier alpha value is -1.79. The number of rotatable bonds is 7. The van der Waals surface area contributed by atoms with Crippen LogP contribution < -0.4 is 5.32 Å². The Balaban J connectivity index is 1.76. The van der Waals surface area contributed by atoms with Crippen molar-refractivity contribution in [2.45, 2.75) is 45.4 Å². The van der Waals surface area contributed by atoms with Crippen LogP contribution in [0.15, 0.2) is 6.33 Å². The molecule has 0 radical (unpaired) electrons. The van der Waals surface area contributed by atoms with E-state index >= 15 is 0 Å². The Bertz CT molecular complexity index is 931. The fraction of sp³-hybridized carbons (Fsp3) is 0.550. The van der Waals surface area contributed by atoms with Gasteiger partial charge in [-0.15, -0.1) is 11.3 Å². The van der Waals surface area contributed by atoms with Crippen molar-refractivity contribution in [2.75, 3.05) is 32.5 Å². The van der Waals surface area contributed by atoms with Gasteiger partial charge in [0.2, 0.25) is 0 Å². The van der Waals surface area contributed by atoms with Gasteiger partial charge in [-0.05, 0) is 63.9 Å². The number of thiophene rings is 1. The van der Waals surface area contributed by atoms with Crippen molar-refractivity contribution in [3.05, 3.63) is 23.1 Å². The summed E-state index contributed by atoms with van der Waals surface area (Å²) in [5.41, 5.74) is 5.40. The van der Waals surface area contributed by atoms with Crippen molar-refractivity contribution < 1.29 is 0 Å². The quantitative estimate of drug-likeness (QED) is 0.637. The lowest BCUT2D eigenvalue weighted by molar-refractivity contribution is 0.405. The molecule has 0 bridgehead atoms. The second-order valence-corrected chi connectivity index (χ2v) is 8.38. The first-order valence-electron chi connectivity index (χ1n) is 9.65. The van der Waals surface area contributed by atoms with Crippen LogP contribution in [0, 0.1) is 0 Å². The van der Waals surface area contributed by atoms with E-state index in [0.29, 0.717) is 0 Å². The molecule has 4 rings (SSSR count). The summed E-state index contributed by atoms with van der Waals surface area (Å²) in [6.45, 7) is 4.23. The molecule has 0 amide bonds. The van der Waals surface area contributed by atoms with Gasteiger partial charge in [0, 0.05) is 17.6 Å². The van der Waals surface area contributed by atoms with E-state index in [-0.39, 0.29) is 0 Å². The maximum absolute atomic E-state index is 5.05. The molecule has 0 atom stereocenters. The first-order valence-corrected chi connectivity index (χ1v) is 10.5. The topological polar surface area (TPSA) is 53.9 Å². The maximum atomic E-state index is 5.05. The van der Waals surface area contributed by atoms with Gasteiger partial charge in [-0.25, -0.2) is 15.0 Å². The summed E-state index contributed by atoms with van der Waals surface area (Å²) in [7, 11) is 4.21. The number of aryl methyl sites for hydroxylation is 2. The molecule has 1 aliphatic carbocycles. The molecule has 0 aromatic carbocycles. The molecule has 3 aromatic heterocycles. The fourth-order valence-corrected chi connectivity index (χ4v) is 5.09. The molecule has 5 nitrogen and oxygen atoms in total. The number of pyridine rings is 1. The summed E-state index contributed by atoms with van der Waals surface area (Å²) >= 11 is 1.75. The maximum Gasteiger partial charge on any atom is 0.147 e. The van der Waals surface area contributed by atoms with E-state index in [9.17, 15) is 0 Å². The highest BCUT2D eigenvalue weighted by atomic mass is 32.1. The van der Waals surface area contributed by atoms with Gasteiger partial charge in [-0.1, -0.05) is 13.3 Å². The number of hydrogen-bond donors (Lipinski definition) is 1.